The lowest BCUT2D eigenvalue weighted by molar-refractivity contribution is -0.272. The molecule has 5 aliphatic carbocycles. The van der Waals surface area contributed by atoms with Gasteiger partial charge in [-0.15, -0.1) is 0 Å². The summed E-state index contributed by atoms with van der Waals surface area (Å²) in [7, 11) is 0. The summed E-state index contributed by atoms with van der Waals surface area (Å²) < 4.78 is 0. The molecule has 0 heterocycles. The highest BCUT2D eigenvalue weighted by atomic mass is 16.3. The molecule has 0 amide bonds. The van der Waals surface area contributed by atoms with Crippen LogP contribution in [0.2, 0.25) is 0 Å². The summed E-state index contributed by atoms with van der Waals surface area (Å²) in [5.74, 6) is 3.35. The lowest BCUT2D eigenvalue weighted by atomic mass is 9.35. The van der Waals surface area contributed by atoms with Crippen LogP contribution in [0.5, 0.6) is 0 Å². The van der Waals surface area contributed by atoms with Crippen molar-refractivity contribution in [2.24, 2.45) is 45.8 Å². The van der Waals surface area contributed by atoms with Crippen LogP contribution >= 0.6 is 0 Å². The number of hydrogen-bond acceptors (Lipinski definition) is 2. The summed E-state index contributed by atoms with van der Waals surface area (Å²) in [6, 6.07) is 0. The molecule has 0 aromatic carbocycles. The Hall–Kier alpha value is -0.630. The monoisotopic (exact) mass is 356 g/mol. The number of aliphatic hydroxyl groups excluding tert-OH is 1. The molecular weight excluding hydrogens is 320 g/mol. The molecule has 0 saturated heterocycles. The number of Topliss-reactive ketones (excluding diaryl/α,β-unsaturated/α-hetero) is 1. The third-order valence-corrected chi connectivity index (χ3v) is 10.2. The first kappa shape index (κ1) is 17.5. The standard InChI is InChI=1S/C24H36O2/c1-13(2)20-17-11-24-16(10-22(17,5)12-18(20)25)14(3)8-9-23(21(24)26)15(4)6-7-19(23)24/h13-16,19,21,26H,6-12H2,1-5H3/t14-,15-,16+,19+,21+,22-,23-,24-/m1/s1. The maximum Gasteiger partial charge on any atom is 0.159 e. The molecule has 4 saturated carbocycles. The van der Waals surface area contributed by atoms with Gasteiger partial charge in [0.05, 0.1) is 6.10 Å². The van der Waals surface area contributed by atoms with E-state index in [1.165, 1.54) is 31.3 Å². The van der Waals surface area contributed by atoms with Gasteiger partial charge in [-0.1, -0.05) is 40.2 Å². The second-order valence-electron chi connectivity index (χ2n) is 11.4. The molecule has 0 unspecified atom stereocenters. The van der Waals surface area contributed by atoms with Gasteiger partial charge in [-0.3, -0.25) is 4.79 Å². The van der Waals surface area contributed by atoms with E-state index in [4.69, 9.17) is 0 Å². The molecule has 0 radical (unpaired) electrons. The van der Waals surface area contributed by atoms with Crippen LogP contribution in [0.1, 0.15) is 79.6 Å². The SMILES string of the molecule is CC(C)C1=C2C[C@@]34[C@@H](O)[C@@]5(CC[C@@H](C)[C@@H]3C[C@]2(C)CC1=O)[C@@H]4CC[C@H]5C. The van der Waals surface area contributed by atoms with Crippen molar-refractivity contribution < 1.29 is 9.90 Å². The fourth-order valence-corrected chi connectivity index (χ4v) is 9.11. The van der Waals surface area contributed by atoms with Crippen LogP contribution in [-0.4, -0.2) is 17.0 Å². The van der Waals surface area contributed by atoms with Crippen LogP contribution in [0, 0.1) is 45.8 Å². The predicted octanol–water partition coefficient (Wildman–Crippen LogP) is 5.15. The van der Waals surface area contributed by atoms with Crippen molar-refractivity contribution in [1.82, 2.24) is 0 Å². The zero-order chi connectivity index (χ0) is 18.6. The maximum absolute atomic E-state index is 12.9. The quantitative estimate of drug-likeness (QED) is 0.705. The second kappa shape index (κ2) is 5.04. The van der Waals surface area contributed by atoms with E-state index in [-0.39, 0.29) is 22.3 Å². The number of rotatable bonds is 1. The second-order valence-corrected chi connectivity index (χ2v) is 11.4. The van der Waals surface area contributed by atoms with Crippen molar-refractivity contribution in [2.45, 2.75) is 85.7 Å². The molecular formula is C24H36O2. The third kappa shape index (κ3) is 1.68. The minimum absolute atomic E-state index is 0.0629. The minimum atomic E-state index is -0.145. The van der Waals surface area contributed by atoms with Gasteiger partial charge in [0.15, 0.2) is 5.78 Å². The third-order valence-electron chi connectivity index (χ3n) is 10.2. The Kier molecular flexibility index (Phi) is 3.39. The highest BCUT2D eigenvalue weighted by Crippen LogP contribution is 2.80. The van der Waals surface area contributed by atoms with E-state index in [1.54, 1.807) is 0 Å². The lowest BCUT2D eigenvalue weighted by Crippen LogP contribution is -2.71. The van der Waals surface area contributed by atoms with Crippen LogP contribution in [0.15, 0.2) is 11.1 Å². The average Bonchev–Trinajstić information content (AvgIpc) is 2.94. The van der Waals surface area contributed by atoms with Crippen LogP contribution in [0.25, 0.3) is 0 Å². The van der Waals surface area contributed by atoms with Crippen LogP contribution in [0.4, 0.5) is 0 Å². The maximum atomic E-state index is 12.9. The smallest absolute Gasteiger partial charge is 0.159 e. The van der Waals surface area contributed by atoms with Crippen molar-refractivity contribution >= 4 is 5.78 Å². The summed E-state index contributed by atoms with van der Waals surface area (Å²) in [4.78, 5) is 12.9. The Labute approximate surface area is 158 Å². The number of carbonyl (C=O) groups is 1. The van der Waals surface area contributed by atoms with E-state index >= 15 is 0 Å². The number of ketones is 1. The number of fused-ring (bicyclic) bond motifs is 1. The van der Waals surface area contributed by atoms with Gasteiger partial charge in [0.1, 0.15) is 0 Å². The fourth-order valence-electron chi connectivity index (χ4n) is 9.11. The molecule has 2 spiro atoms. The van der Waals surface area contributed by atoms with Gasteiger partial charge >= 0.3 is 0 Å². The molecule has 26 heavy (non-hydrogen) atoms. The Balaban J connectivity index is 1.67. The molecule has 0 aliphatic heterocycles. The minimum Gasteiger partial charge on any atom is -0.392 e. The van der Waals surface area contributed by atoms with Crippen molar-refractivity contribution in [3.63, 3.8) is 0 Å². The molecule has 1 N–H and O–H groups in total. The predicted molar refractivity (Wildman–Crippen MR) is 103 cm³/mol. The molecule has 4 fully saturated rings. The van der Waals surface area contributed by atoms with Crippen LogP contribution in [0.3, 0.4) is 0 Å². The Morgan fingerprint density at radius 1 is 1.08 bits per heavy atom. The summed E-state index contributed by atoms with van der Waals surface area (Å²) in [5, 5.41) is 11.7. The van der Waals surface area contributed by atoms with E-state index < -0.39 is 0 Å². The van der Waals surface area contributed by atoms with Gasteiger partial charge in [-0.05, 0) is 79.1 Å². The van der Waals surface area contributed by atoms with E-state index in [1.807, 2.05) is 0 Å². The average molecular weight is 357 g/mol. The Morgan fingerprint density at radius 3 is 2.50 bits per heavy atom. The highest BCUT2D eigenvalue weighted by molar-refractivity contribution is 6.00. The lowest BCUT2D eigenvalue weighted by Gasteiger charge is -2.70. The molecule has 5 rings (SSSR count). The van der Waals surface area contributed by atoms with Crippen LogP contribution in [-0.2, 0) is 4.79 Å². The first-order valence-corrected chi connectivity index (χ1v) is 11.1. The van der Waals surface area contributed by atoms with Crippen molar-refractivity contribution in [1.29, 1.82) is 0 Å². The number of hydrogen-bond donors (Lipinski definition) is 1. The molecule has 0 aromatic heterocycles. The number of carbonyl (C=O) groups excluding carboxylic acids is 1. The largest absolute Gasteiger partial charge is 0.392 e. The first-order chi connectivity index (χ1) is 12.2. The highest BCUT2D eigenvalue weighted by Gasteiger charge is 2.78. The molecule has 144 valence electrons. The summed E-state index contributed by atoms with van der Waals surface area (Å²) >= 11 is 0. The fraction of sp³-hybridized carbons (Fsp3) is 0.875. The molecule has 2 heteroatoms. The number of aliphatic hydroxyl groups is 1. The van der Waals surface area contributed by atoms with Crippen LogP contribution < -0.4 is 0 Å². The summed E-state index contributed by atoms with van der Waals surface area (Å²) in [6.07, 6.45) is 7.80. The van der Waals surface area contributed by atoms with Gasteiger partial charge in [0.2, 0.25) is 0 Å². The van der Waals surface area contributed by atoms with E-state index in [2.05, 4.69) is 34.6 Å². The zero-order valence-electron chi connectivity index (χ0n) is 17.3. The molecule has 8 atom stereocenters. The Morgan fingerprint density at radius 2 is 1.81 bits per heavy atom. The van der Waals surface area contributed by atoms with Gasteiger partial charge in [0, 0.05) is 17.3 Å². The summed E-state index contributed by atoms with van der Waals surface area (Å²) in [5.41, 5.74) is 2.91. The molecule has 5 aliphatic rings. The Bertz CT molecular complexity index is 705. The summed E-state index contributed by atoms with van der Waals surface area (Å²) in [6.45, 7) is 11.6. The van der Waals surface area contributed by atoms with Gasteiger partial charge < -0.3 is 5.11 Å². The normalized spacial score (nSPS) is 55.3. The van der Waals surface area contributed by atoms with Crippen molar-refractivity contribution in [2.75, 3.05) is 0 Å². The van der Waals surface area contributed by atoms with Crippen molar-refractivity contribution in [3.05, 3.63) is 11.1 Å². The zero-order valence-corrected chi connectivity index (χ0v) is 17.3. The van der Waals surface area contributed by atoms with Gasteiger partial charge in [-0.25, -0.2) is 0 Å². The van der Waals surface area contributed by atoms with E-state index in [0.29, 0.717) is 35.4 Å². The molecule has 2 bridgehead atoms. The first-order valence-electron chi connectivity index (χ1n) is 11.1. The topological polar surface area (TPSA) is 37.3 Å². The van der Waals surface area contributed by atoms with Gasteiger partial charge in [0.25, 0.3) is 0 Å². The van der Waals surface area contributed by atoms with E-state index in [0.717, 1.165) is 24.8 Å². The number of allylic oxidation sites excluding steroid dienone is 2. The van der Waals surface area contributed by atoms with Gasteiger partial charge in [-0.2, -0.15) is 0 Å². The molecule has 2 nitrogen and oxygen atoms in total. The molecule has 0 aromatic rings. The van der Waals surface area contributed by atoms with Crippen molar-refractivity contribution in [3.8, 4) is 0 Å². The van der Waals surface area contributed by atoms with E-state index in [9.17, 15) is 9.90 Å².